The summed E-state index contributed by atoms with van der Waals surface area (Å²) in [6.07, 6.45) is 0. The summed E-state index contributed by atoms with van der Waals surface area (Å²) < 4.78 is 0. The second-order valence-corrected chi connectivity index (χ2v) is 8.97. The zero-order valence-electron chi connectivity index (χ0n) is 19.9. The molecule has 1 aromatic heterocycles. The molecule has 7 nitrogen and oxygen atoms in total. The van der Waals surface area contributed by atoms with Crippen LogP contribution in [0.2, 0.25) is 0 Å². The van der Waals surface area contributed by atoms with Crippen molar-refractivity contribution in [2.45, 2.75) is 6.92 Å². The topological polar surface area (TPSA) is 96.2 Å². The average Bonchev–Trinajstić information content (AvgIpc) is 2.88. The van der Waals surface area contributed by atoms with Crippen LogP contribution in [-0.2, 0) is 0 Å². The van der Waals surface area contributed by atoms with Crippen LogP contribution < -0.4 is 16.4 Å². The lowest BCUT2D eigenvalue weighted by Gasteiger charge is -2.27. The first kappa shape index (κ1) is 23.0. The van der Waals surface area contributed by atoms with Crippen LogP contribution in [-0.4, -0.2) is 60.0 Å². The Hall–Kier alpha value is -3.81. The van der Waals surface area contributed by atoms with E-state index < -0.39 is 0 Å². The third kappa shape index (κ3) is 5.31. The van der Waals surface area contributed by atoms with E-state index in [4.69, 9.17) is 15.7 Å². The van der Waals surface area contributed by atoms with Crippen LogP contribution >= 0.6 is 0 Å². The van der Waals surface area contributed by atoms with Gasteiger partial charge in [-0.3, -0.25) is 9.69 Å². The molecule has 5 rings (SSSR count). The van der Waals surface area contributed by atoms with Gasteiger partial charge in [0, 0.05) is 61.6 Å². The van der Waals surface area contributed by atoms with E-state index in [2.05, 4.69) is 34.6 Å². The summed E-state index contributed by atoms with van der Waals surface area (Å²) in [4.78, 5) is 25.2. The highest BCUT2D eigenvalue weighted by Gasteiger charge is 2.16. The number of aromatic nitrogens is 2. The fraction of sp³-hybridized carbons (Fsp3) is 0.250. The van der Waals surface area contributed by atoms with Crippen molar-refractivity contribution < 1.29 is 4.79 Å². The van der Waals surface area contributed by atoms with E-state index in [1.807, 2.05) is 54.6 Å². The first-order chi connectivity index (χ1) is 17.1. The van der Waals surface area contributed by atoms with Gasteiger partial charge >= 0.3 is 0 Å². The highest BCUT2D eigenvalue weighted by molar-refractivity contribution is 5.98. The summed E-state index contributed by atoms with van der Waals surface area (Å²) in [5, 5.41) is 6.39. The van der Waals surface area contributed by atoms with Gasteiger partial charge in [-0.2, -0.15) is 0 Å². The Labute approximate surface area is 205 Å². The molecule has 0 spiro atoms. The molecule has 3 aromatic carbocycles. The first-order valence-corrected chi connectivity index (χ1v) is 12.0. The number of nitrogen functional groups attached to an aromatic ring is 1. The minimum atomic E-state index is -0.0964. The third-order valence-electron chi connectivity index (χ3n) is 6.30. The van der Waals surface area contributed by atoms with Crippen molar-refractivity contribution in [2.24, 2.45) is 0 Å². The van der Waals surface area contributed by atoms with Crippen LogP contribution in [0.4, 0.5) is 5.69 Å². The molecular weight excluding hydrogens is 436 g/mol. The molecule has 1 saturated heterocycles. The van der Waals surface area contributed by atoms with E-state index in [1.54, 1.807) is 0 Å². The van der Waals surface area contributed by atoms with Gasteiger partial charge in [0.15, 0.2) is 0 Å². The number of carbonyl (C=O) groups is 1. The smallest absolute Gasteiger partial charge is 0.251 e. The Morgan fingerprint density at radius 3 is 2.40 bits per heavy atom. The molecule has 1 aliphatic heterocycles. The van der Waals surface area contributed by atoms with Gasteiger partial charge in [0.1, 0.15) is 0 Å². The van der Waals surface area contributed by atoms with Crippen LogP contribution in [0.25, 0.3) is 33.5 Å². The van der Waals surface area contributed by atoms with Gasteiger partial charge in [-0.25, -0.2) is 9.97 Å². The monoisotopic (exact) mass is 466 g/mol. The zero-order valence-corrected chi connectivity index (χ0v) is 19.9. The summed E-state index contributed by atoms with van der Waals surface area (Å²) >= 11 is 0. The minimum absolute atomic E-state index is 0.0964. The second-order valence-electron chi connectivity index (χ2n) is 8.97. The molecule has 35 heavy (non-hydrogen) atoms. The maximum absolute atomic E-state index is 12.9. The molecule has 0 atom stereocenters. The number of nitrogens with one attached hydrogen (secondary N) is 2. The van der Waals surface area contributed by atoms with Gasteiger partial charge < -0.3 is 16.4 Å². The zero-order chi connectivity index (χ0) is 24.2. The summed E-state index contributed by atoms with van der Waals surface area (Å²) in [5.74, 6) is -0.0964. The number of aryl methyl sites for hydroxylation is 1. The largest absolute Gasteiger partial charge is 0.399 e. The molecule has 4 N–H and O–H groups in total. The van der Waals surface area contributed by atoms with Crippen molar-refractivity contribution in [3.05, 3.63) is 77.9 Å². The summed E-state index contributed by atoms with van der Waals surface area (Å²) in [6.45, 7) is 7.54. The van der Waals surface area contributed by atoms with Crippen molar-refractivity contribution in [1.29, 1.82) is 0 Å². The van der Waals surface area contributed by atoms with Crippen molar-refractivity contribution in [3.8, 4) is 22.5 Å². The predicted octanol–water partition coefficient (Wildman–Crippen LogP) is 3.49. The fourth-order valence-electron chi connectivity index (χ4n) is 4.44. The number of rotatable bonds is 6. The van der Waals surface area contributed by atoms with Gasteiger partial charge in [-0.15, -0.1) is 0 Å². The van der Waals surface area contributed by atoms with Gasteiger partial charge in [-0.1, -0.05) is 35.9 Å². The quantitative estimate of drug-likeness (QED) is 0.377. The first-order valence-electron chi connectivity index (χ1n) is 12.0. The van der Waals surface area contributed by atoms with Crippen LogP contribution in [0, 0.1) is 6.92 Å². The van der Waals surface area contributed by atoms with Crippen molar-refractivity contribution in [1.82, 2.24) is 25.5 Å². The Kier molecular flexibility index (Phi) is 6.70. The van der Waals surface area contributed by atoms with Crippen molar-refractivity contribution in [3.63, 3.8) is 0 Å². The molecule has 1 aliphatic rings. The van der Waals surface area contributed by atoms with E-state index in [0.29, 0.717) is 23.3 Å². The number of benzene rings is 3. The third-order valence-corrected chi connectivity index (χ3v) is 6.30. The minimum Gasteiger partial charge on any atom is -0.399 e. The lowest BCUT2D eigenvalue weighted by atomic mass is 10.0. The number of carbonyl (C=O) groups excluding carboxylic acids is 1. The number of fused-ring (bicyclic) bond motifs is 1. The predicted molar refractivity (Wildman–Crippen MR) is 141 cm³/mol. The number of nitrogens with zero attached hydrogens (tertiary/aromatic N) is 3. The van der Waals surface area contributed by atoms with E-state index >= 15 is 0 Å². The Bertz CT molecular complexity index is 1360. The average molecular weight is 467 g/mol. The summed E-state index contributed by atoms with van der Waals surface area (Å²) in [5.41, 5.74) is 13.3. The van der Waals surface area contributed by atoms with E-state index in [1.165, 1.54) is 0 Å². The molecule has 4 aromatic rings. The van der Waals surface area contributed by atoms with Crippen LogP contribution in [0.15, 0.2) is 66.7 Å². The van der Waals surface area contributed by atoms with Crippen molar-refractivity contribution in [2.75, 3.05) is 45.0 Å². The normalized spacial score (nSPS) is 14.2. The number of hydrogen-bond donors (Lipinski definition) is 3. The molecule has 1 amide bonds. The molecule has 0 bridgehead atoms. The highest BCUT2D eigenvalue weighted by Crippen LogP contribution is 2.32. The summed E-state index contributed by atoms with van der Waals surface area (Å²) in [6, 6.07) is 21.4. The molecule has 2 heterocycles. The molecule has 0 unspecified atom stereocenters. The lowest BCUT2D eigenvalue weighted by Crippen LogP contribution is -2.46. The number of amides is 1. The Morgan fingerprint density at radius 2 is 1.66 bits per heavy atom. The standard InChI is InChI=1S/C28H30N6O/c1-19-4-2-5-20(16-19)26-27(21-6-3-7-23(29)17-21)32-24-9-8-22(18-25(24)33-26)28(35)31-12-15-34-13-10-30-11-14-34/h2-9,16-18,30H,10-15,29H2,1H3,(H,31,35). The summed E-state index contributed by atoms with van der Waals surface area (Å²) in [7, 11) is 0. The second kappa shape index (κ2) is 10.2. The van der Waals surface area contributed by atoms with Crippen LogP contribution in [0.3, 0.4) is 0 Å². The number of piperazine rings is 1. The van der Waals surface area contributed by atoms with Crippen LogP contribution in [0.1, 0.15) is 15.9 Å². The SMILES string of the molecule is Cc1cccc(-c2nc3cc(C(=O)NCCN4CCNCC4)ccc3nc2-c2cccc(N)c2)c1. The van der Waals surface area contributed by atoms with E-state index in [-0.39, 0.29) is 5.91 Å². The van der Waals surface area contributed by atoms with E-state index in [0.717, 1.165) is 66.3 Å². The Balaban J connectivity index is 1.47. The molecular formula is C28H30N6O. The maximum atomic E-state index is 12.9. The number of anilines is 1. The molecule has 0 saturated carbocycles. The molecule has 7 heteroatoms. The molecule has 0 aliphatic carbocycles. The Morgan fingerprint density at radius 1 is 0.943 bits per heavy atom. The van der Waals surface area contributed by atoms with Gasteiger partial charge in [0.25, 0.3) is 5.91 Å². The van der Waals surface area contributed by atoms with E-state index in [9.17, 15) is 4.79 Å². The maximum Gasteiger partial charge on any atom is 0.251 e. The molecule has 178 valence electrons. The highest BCUT2D eigenvalue weighted by atomic mass is 16.1. The molecule has 1 fully saturated rings. The van der Waals surface area contributed by atoms with Gasteiger partial charge in [0.05, 0.1) is 22.4 Å². The van der Waals surface area contributed by atoms with Gasteiger partial charge in [0.2, 0.25) is 0 Å². The lowest BCUT2D eigenvalue weighted by molar-refractivity contribution is 0.0947. The molecule has 0 radical (unpaired) electrons. The number of hydrogen-bond acceptors (Lipinski definition) is 6. The number of nitrogens with two attached hydrogens (primary N) is 1. The van der Waals surface area contributed by atoms with Crippen molar-refractivity contribution >= 4 is 22.6 Å². The van der Waals surface area contributed by atoms with Gasteiger partial charge in [-0.05, 0) is 43.3 Å². The fourth-order valence-corrected chi connectivity index (χ4v) is 4.44. The van der Waals surface area contributed by atoms with Crippen LogP contribution in [0.5, 0.6) is 0 Å².